The molecule has 1 saturated heterocycles. The largest absolute Gasteiger partial charge is 0.358 e. The van der Waals surface area contributed by atoms with Gasteiger partial charge in [-0.05, 0) is 25.7 Å². The summed E-state index contributed by atoms with van der Waals surface area (Å²) in [4.78, 5) is 30.3. The van der Waals surface area contributed by atoms with Gasteiger partial charge in [0.25, 0.3) is 0 Å². The number of likely N-dealkylation sites (tertiary alicyclic amines) is 1. The number of carbonyl (C=O) groups is 2. The van der Waals surface area contributed by atoms with Gasteiger partial charge in [-0.15, -0.1) is 0 Å². The highest BCUT2D eigenvalue weighted by Gasteiger charge is 2.57. The smallest absolute Gasteiger partial charge is 0.238 e. The van der Waals surface area contributed by atoms with Crippen LogP contribution in [0.2, 0.25) is 0 Å². The number of amides is 2. The molecule has 1 aromatic heterocycles. The fourth-order valence-electron chi connectivity index (χ4n) is 2.97. The zero-order valence-corrected chi connectivity index (χ0v) is 11.6. The fourth-order valence-corrected chi connectivity index (χ4v) is 2.97. The van der Waals surface area contributed by atoms with Gasteiger partial charge < -0.3 is 10.2 Å². The van der Waals surface area contributed by atoms with Crippen LogP contribution in [0.5, 0.6) is 0 Å². The van der Waals surface area contributed by atoms with Crippen molar-refractivity contribution in [1.29, 1.82) is 0 Å². The van der Waals surface area contributed by atoms with E-state index in [9.17, 15) is 9.59 Å². The monoisotopic (exact) mass is 277 g/mol. The number of hydrogen-bond acceptors (Lipinski definition) is 4. The summed E-state index contributed by atoms with van der Waals surface area (Å²) in [7, 11) is 1.59. The molecule has 0 aromatic carbocycles. The van der Waals surface area contributed by atoms with E-state index in [1.807, 2.05) is 4.90 Å². The predicted molar refractivity (Wildman–Crippen MR) is 70.6 cm³/mol. The molecular weight excluding hydrogens is 258 g/mol. The number of aromatic nitrogens is 3. The summed E-state index contributed by atoms with van der Waals surface area (Å²) in [6, 6.07) is 0.163. The Hall–Kier alpha value is -1.92. The molecule has 2 heterocycles. The number of nitrogens with zero attached hydrogens (tertiary/aromatic N) is 4. The molecule has 0 radical (unpaired) electrons. The first-order chi connectivity index (χ1) is 9.67. The van der Waals surface area contributed by atoms with Gasteiger partial charge in [0.05, 0.1) is 6.04 Å². The Morgan fingerprint density at radius 3 is 2.80 bits per heavy atom. The molecule has 108 valence electrons. The van der Waals surface area contributed by atoms with Gasteiger partial charge in [-0.2, -0.15) is 5.10 Å². The fraction of sp³-hybridized carbons (Fsp3) is 0.692. The normalized spacial score (nSPS) is 24.2. The summed E-state index contributed by atoms with van der Waals surface area (Å²) in [5.41, 5.74) is -0.793. The minimum Gasteiger partial charge on any atom is -0.358 e. The average molecular weight is 277 g/mol. The topological polar surface area (TPSA) is 80.1 Å². The summed E-state index contributed by atoms with van der Waals surface area (Å²) in [5.74, 6) is -0.174. The number of nitrogens with one attached hydrogen (secondary N) is 1. The van der Waals surface area contributed by atoms with Crippen molar-refractivity contribution in [2.45, 2.75) is 31.7 Å². The van der Waals surface area contributed by atoms with E-state index in [1.165, 1.54) is 6.33 Å². The lowest BCUT2D eigenvalue weighted by Gasteiger charge is -2.34. The van der Waals surface area contributed by atoms with E-state index in [1.54, 1.807) is 18.1 Å². The highest BCUT2D eigenvalue weighted by atomic mass is 16.2. The van der Waals surface area contributed by atoms with Gasteiger partial charge in [0.2, 0.25) is 11.8 Å². The summed E-state index contributed by atoms with van der Waals surface area (Å²) >= 11 is 0. The molecule has 1 aliphatic carbocycles. The molecule has 1 N–H and O–H groups in total. The van der Waals surface area contributed by atoms with Crippen molar-refractivity contribution < 1.29 is 9.59 Å². The molecule has 0 bridgehead atoms. The third kappa shape index (κ3) is 2.07. The molecule has 0 spiro atoms. The highest BCUT2D eigenvalue weighted by Crippen LogP contribution is 2.48. The lowest BCUT2D eigenvalue weighted by Crippen LogP contribution is -2.48. The van der Waals surface area contributed by atoms with E-state index in [0.29, 0.717) is 19.4 Å². The van der Waals surface area contributed by atoms with Crippen LogP contribution in [0.15, 0.2) is 12.7 Å². The van der Waals surface area contributed by atoms with Gasteiger partial charge in [0.1, 0.15) is 18.1 Å². The van der Waals surface area contributed by atoms with Gasteiger partial charge in [0.15, 0.2) is 0 Å². The van der Waals surface area contributed by atoms with Crippen LogP contribution >= 0.6 is 0 Å². The molecule has 3 rings (SSSR count). The van der Waals surface area contributed by atoms with E-state index in [0.717, 1.165) is 19.4 Å². The standard InChI is InChI=1S/C13H19N5O2/c1-14-11(19)13(4-5-13)12(20)17-6-2-3-10(7-17)18-9-15-8-16-18/h8-10H,2-7H2,1H3,(H,14,19). The van der Waals surface area contributed by atoms with Gasteiger partial charge in [0, 0.05) is 20.1 Å². The first kappa shape index (κ1) is 13.1. The second-order valence-electron chi connectivity index (χ2n) is 5.58. The van der Waals surface area contributed by atoms with Gasteiger partial charge >= 0.3 is 0 Å². The van der Waals surface area contributed by atoms with Crippen molar-refractivity contribution in [2.75, 3.05) is 20.1 Å². The highest BCUT2D eigenvalue weighted by molar-refractivity contribution is 6.07. The van der Waals surface area contributed by atoms with Crippen molar-refractivity contribution in [3.63, 3.8) is 0 Å². The zero-order chi connectivity index (χ0) is 14.2. The molecule has 2 fully saturated rings. The molecule has 1 atom stereocenters. The van der Waals surface area contributed by atoms with Crippen molar-refractivity contribution in [1.82, 2.24) is 25.0 Å². The molecule has 1 unspecified atom stereocenters. The van der Waals surface area contributed by atoms with E-state index < -0.39 is 5.41 Å². The summed E-state index contributed by atoms with van der Waals surface area (Å²) in [5, 5.41) is 6.76. The third-order valence-electron chi connectivity index (χ3n) is 4.32. The van der Waals surface area contributed by atoms with Crippen LogP contribution in [0.1, 0.15) is 31.7 Å². The van der Waals surface area contributed by atoms with Crippen LogP contribution in [0.25, 0.3) is 0 Å². The van der Waals surface area contributed by atoms with E-state index in [4.69, 9.17) is 0 Å². The maximum absolute atomic E-state index is 12.6. The van der Waals surface area contributed by atoms with Gasteiger partial charge in [-0.1, -0.05) is 0 Å². The molecule has 1 saturated carbocycles. The van der Waals surface area contributed by atoms with E-state index in [2.05, 4.69) is 15.4 Å². The first-order valence-electron chi connectivity index (χ1n) is 7.03. The molecule has 1 aliphatic heterocycles. The SMILES string of the molecule is CNC(=O)C1(C(=O)N2CCCC(n3cncn3)C2)CC1. The molecule has 7 nitrogen and oxygen atoms in total. The molecule has 7 heteroatoms. The van der Waals surface area contributed by atoms with Crippen molar-refractivity contribution in [3.8, 4) is 0 Å². The maximum Gasteiger partial charge on any atom is 0.238 e. The lowest BCUT2D eigenvalue weighted by molar-refractivity contribution is -0.145. The quantitative estimate of drug-likeness (QED) is 0.787. The van der Waals surface area contributed by atoms with Crippen LogP contribution in [-0.4, -0.2) is 51.6 Å². The molecule has 20 heavy (non-hydrogen) atoms. The number of hydrogen-bond donors (Lipinski definition) is 1. The van der Waals surface area contributed by atoms with Gasteiger partial charge in [-0.25, -0.2) is 9.67 Å². The first-order valence-corrected chi connectivity index (χ1v) is 7.03. The van der Waals surface area contributed by atoms with E-state index >= 15 is 0 Å². The van der Waals surface area contributed by atoms with Crippen LogP contribution in [0.4, 0.5) is 0 Å². The molecular formula is C13H19N5O2. The maximum atomic E-state index is 12.6. The van der Waals surface area contributed by atoms with E-state index in [-0.39, 0.29) is 17.9 Å². The summed E-state index contributed by atoms with van der Waals surface area (Å²) in [6.07, 6.45) is 6.43. The van der Waals surface area contributed by atoms with Gasteiger partial charge in [-0.3, -0.25) is 9.59 Å². The van der Waals surface area contributed by atoms with Crippen LogP contribution < -0.4 is 5.32 Å². The molecule has 1 aromatic rings. The van der Waals surface area contributed by atoms with Crippen molar-refractivity contribution in [3.05, 3.63) is 12.7 Å². The third-order valence-corrected chi connectivity index (χ3v) is 4.32. The number of piperidine rings is 1. The van der Waals surface area contributed by atoms with Crippen molar-refractivity contribution in [2.24, 2.45) is 5.41 Å². The summed E-state index contributed by atoms with van der Waals surface area (Å²) < 4.78 is 1.80. The second-order valence-corrected chi connectivity index (χ2v) is 5.58. The number of rotatable bonds is 3. The van der Waals surface area contributed by atoms with Crippen LogP contribution in [0.3, 0.4) is 0 Å². The van der Waals surface area contributed by atoms with Crippen molar-refractivity contribution >= 4 is 11.8 Å². The van der Waals surface area contributed by atoms with Crippen LogP contribution in [0, 0.1) is 5.41 Å². The Balaban J connectivity index is 1.71. The number of carbonyl (C=O) groups excluding carboxylic acids is 2. The second kappa shape index (κ2) is 4.88. The molecule has 2 aliphatic rings. The lowest BCUT2D eigenvalue weighted by atomic mass is 10.00. The Kier molecular flexibility index (Phi) is 3.19. The Morgan fingerprint density at radius 1 is 1.40 bits per heavy atom. The minimum absolute atomic E-state index is 0.0262. The Labute approximate surface area is 117 Å². The average Bonchev–Trinajstić information content (AvgIpc) is 3.12. The van der Waals surface area contributed by atoms with Crippen LogP contribution in [-0.2, 0) is 9.59 Å². The minimum atomic E-state index is -0.793. The Morgan fingerprint density at radius 2 is 2.20 bits per heavy atom. The summed E-state index contributed by atoms with van der Waals surface area (Å²) in [6.45, 7) is 1.34. The zero-order valence-electron chi connectivity index (χ0n) is 11.6. The predicted octanol–water partition coefficient (Wildman–Crippen LogP) is -0.0322. The Bertz CT molecular complexity index is 509. The molecule has 2 amide bonds.